The van der Waals surface area contributed by atoms with E-state index < -0.39 is 0 Å². The molecule has 104 valence electrons. The predicted molar refractivity (Wildman–Crippen MR) is 91.4 cm³/mol. The van der Waals surface area contributed by atoms with Crippen molar-refractivity contribution in [3.05, 3.63) is 53.1 Å². The van der Waals surface area contributed by atoms with E-state index in [1.807, 2.05) is 49.3 Å². The second kappa shape index (κ2) is 6.11. The fraction of sp³-hybridized carbons (Fsp3) is 0.133. The lowest BCUT2D eigenvalue weighted by atomic mass is 10.1. The molecule has 0 saturated carbocycles. The average Bonchev–Trinajstić information content (AvgIpc) is 2.41. The van der Waals surface area contributed by atoms with Crippen LogP contribution in [-0.4, -0.2) is 19.1 Å². The maximum atomic E-state index is 5.98. The molecule has 0 aliphatic rings. The first kappa shape index (κ1) is 14.6. The zero-order valence-corrected chi connectivity index (χ0v) is 12.9. The molecule has 0 fully saturated rings. The summed E-state index contributed by atoms with van der Waals surface area (Å²) in [6, 6.07) is 13.5. The Balaban J connectivity index is 2.35. The molecule has 5 heteroatoms. The molecule has 0 bridgehead atoms. The Bertz CT molecular complexity index is 641. The summed E-state index contributed by atoms with van der Waals surface area (Å²) >= 11 is 11.0. The van der Waals surface area contributed by atoms with Gasteiger partial charge >= 0.3 is 0 Å². The Morgan fingerprint density at radius 3 is 2.60 bits per heavy atom. The summed E-state index contributed by atoms with van der Waals surface area (Å²) < 4.78 is 0. The van der Waals surface area contributed by atoms with Gasteiger partial charge in [-0.3, -0.25) is 0 Å². The first-order chi connectivity index (χ1) is 9.47. The predicted octanol–water partition coefficient (Wildman–Crippen LogP) is 3.78. The van der Waals surface area contributed by atoms with Gasteiger partial charge in [0.25, 0.3) is 0 Å². The molecule has 0 unspecified atom stereocenters. The van der Waals surface area contributed by atoms with Crippen molar-refractivity contribution < 1.29 is 0 Å². The second-order valence-electron chi connectivity index (χ2n) is 4.62. The minimum Gasteiger partial charge on any atom is -0.389 e. The fourth-order valence-corrected chi connectivity index (χ4v) is 2.19. The monoisotopic (exact) mass is 305 g/mol. The first-order valence-electron chi connectivity index (χ1n) is 6.11. The van der Waals surface area contributed by atoms with Gasteiger partial charge in [-0.15, -0.1) is 0 Å². The highest BCUT2D eigenvalue weighted by atomic mass is 35.5. The van der Waals surface area contributed by atoms with Crippen molar-refractivity contribution in [1.29, 1.82) is 0 Å². The van der Waals surface area contributed by atoms with Gasteiger partial charge in [0.05, 0.1) is 0 Å². The Kier molecular flexibility index (Phi) is 4.47. The molecule has 0 aromatic heterocycles. The third-order valence-corrected chi connectivity index (χ3v) is 3.34. The lowest BCUT2D eigenvalue weighted by molar-refractivity contribution is 1.13. The Labute approximate surface area is 129 Å². The van der Waals surface area contributed by atoms with Gasteiger partial charge in [0, 0.05) is 41.7 Å². The fourth-order valence-electron chi connectivity index (χ4n) is 1.85. The van der Waals surface area contributed by atoms with Crippen molar-refractivity contribution in [3.8, 4) is 0 Å². The van der Waals surface area contributed by atoms with E-state index in [-0.39, 0.29) is 0 Å². The standard InChI is InChI=1S/C15H16ClN3S/c1-19(2)12-5-3-4-11(9-12)18-14-7-6-10(16)8-13(14)15(17)20/h3-9,18H,1-2H3,(H2,17,20). The molecule has 0 amide bonds. The van der Waals surface area contributed by atoms with Crippen molar-refractivity contribution in [3.63, 3.8) is 0 Å². The van der Waals surface area contributed by atoms with Crippen LogP contribution in [0.1, 0.15) is 5.56 Å². The SMILES string of the molecule is CN(C)c1cccc(Nc2ccc(Cl)cc2C(N)=S)c1. The molecule has 20 heavy (non-hydrogen) atoms. The van der Waals surface area contributed by atoms with Gasteiger partial charge in [0.2, 0.25) is 0 Å². The van der Waals surface area contributed by atoms with Gasteiger partial charge in [-0.1, -0.05) is 29.9 Å². The Morgan fingerprint density at radius 2 is 1.95 bits per heavy atom. The molecule has 0 aliphatic heterocycles. The quantitative estimate of drug-likeness (QED) is 0.843. The number of benzene rings is 2. The molecule has 0 spiro atoms. The smallest absolute Gasteiger partial charge is 0.106 e. The summed E-state index contributed by atoms with van der Waals surface area (Å²) in [5, 5.41) is 3.94. The summed E-state index contributed by atoms with van der Waals surface area (Å²) in [6.07, 6.45) is 0. The number of nitrogens with two attached hydrogens (primary N) is 1. The summed E-state index contributed by atoms with van der Waals surface area (Å²) in [7, 11) is 4.00. The number of hydrogen-bond donors (Lipinski definition) is 2. The van der Waals surface area contributed by atoms with Crippen LogP contribution in [0.2, 0.25) is 5.02 Å². The van der Waals surface area contributed by atoms with E-state index in [4.69, 9.17) is 29.6 Å². The maximum absolute atomic E-state index is 5.98. The van der Waals surface area contributed by atoms with Crippen LogP contribution in [0, 0.1) is 0 Å². The molecule has 3 nitrogen and oxygen atoms in total. The number of hydrogen-bond acceptors (Lipinski definition) is 3. The van der Waals surface area contributed by atoms with Crippen LogP contribution in [0.15, 0.2) is 42.5 Å². The van der Waals surface area contributed by atoms with Crippen LogP contribution in [0.5, 0.6) is 0 Å². The number of halogens is 1. The van der Waals surface area contributed by atoms with Crippen LogP contribution in [0.3, 0.4) is 0 Å². The van der Waals surface area contributed by atoms with Crippen LogP contribution >= 0.6 is 23.8 Å². The zero-order valence-electron chi connectivity index (χ0n) is 11.4. The molecule has 2 aromatic rings. The molecule has 2 rings (SSSR count). The van der Waals surface area contributed by atoms with E-state index in [1.165, 1.54) is 0 Å². The van der Waals surface area contributed by atoms with Gasteiger partial charge in [-0.05, 0) is 36.4 Å². The zero-order chi connectivity index (χ0) is 14.7. The molecular weight excluding hydrogens is 290 g/mol. The maximum Gasteiger partial charge on any atom is 0.106 e. The van der Waals surface area contributed by atoms with Crippen molar-refractivity contribution >= 4 is 45.9 Å². The van der Waals surface area contributed by atoms with Crippen LogP contribution in [0.25, 0.3) is 0 Å². The van der Waals surface area contributed by atoms with Gasteiger partial charge < -0.3 is 16.0 Å². The topological polar surface area (TPSA) is 41.3 Å². The third-order valence-electron chi connectivity index (χ3n) is 2.89. The van der Waals surface area contributed by atoms with Gasteiger partial charge in [0.1, 0.15) is 4.99 Å². The highest BCUT2D eigenvalue weighted by Crippen LogP contribution is 2.26. The number of nitrogens with zero attached hydrogens (tertiary/aromatic N) is 1. The Morgan fingerprint density at radius 1 is 1.20 bits per heavy atom. The number of anilines is 3. The van der Waals surface area contributed by atoms with Gasteiger partial charge in [-0.2, -0.15) is 0 Å². The third kappa shape index (κ3) is 3.40. The van der Waals surface area contributed by atoms with Crippen molar-refractivity contribution in [1.82, 2.24) is 0 Å². The molecule has 0 radical (unpaired) electrons. The molecule has 0 saturated heterocycles. The van der Waals surface area contributed by atoms with Crippen molar-refractivity contribution in [2.75, 3.05) is 24.3 Å². The lowest BCUT2D eigenvalue weighted by Crippen LogP contribution is -2.12. The van der Waals surface area contributed by atoms with E-state index in [2.05, 4.69) is 11.4 Å². The minimum atomic E-state index is 0.318. The lowest BCUT2D eigenvalue weighted by Gasteiger charge is -2.16. The first-order valence-corrected chi connectivity index (χ1v) is 6.90. The molecular formula is C15H16ClN3S. The summed E-state index contributed by atoms with van der Waals surface area (Å²) in [5.41, 5.74) is 9.40. The van der Waals surface area contributed by atoms with E-state index in [9.17, 15) is 0 Å². The van der Waals surface area contributed by atoms with E-state index in [0.29, 0.717) is 10.0 Å². The van der Waals surface area contributed by atoms with E-state index >= 15 is 0 Å². The molecule has 0 heterocycles. The summed E-state index contributed by atoms with van der Waals surface area (Å²) in [5.74, 6) is 0. The van der Waals surface area contributed by atoms with Gasteiger partial charge in [-0.25, -0.2) is 0 Å². The molecule has 3 N–H and O–H groups in total. The van der Waals surface area contributed by atoms with Crippen molar-refractivity contribution in [2.45, 2.75) is 0 Å². The van der Waals surface area contributed by atoms with Crippen molar-refractivity contribution in [2.24, 2.45) is 5.73 Å². The number of thiocarbonyl (C=S) groups is 1. The van der Waals surface area contributed by atoms with Crippen LogP contribution in [0.4, 0.5) is 17.1 Å². The average molecular weight is 306 g/mol. The van der Waals surface area contributed by atoms with Gasteiger partial charge in [0.15, 0.2) is 0 Å². The summed E-state index contributed by atoms with van der Waals surface area (Å²) in [6.45, 7) is 0. The second-order valence-corrected chi connectivity index (χ2v) is 5.50. The largest absolute Gasteiger partial charge is 0.389 e. The highest BCUT2D eigenvalue weighted by molar-refractivity contribution is 7.80. The Hall–Kier alpha value is -1.78. The molecule has 0 aliphatic carbocycles. The number of rotatable bonds is 4. The highest BCUT2D eigenvalue weighted by Gasteiger charge is 2.07. The minimum absolute atomic E-state index is 0.318. The number of nitrogens with one attached hydrogen (secondary N) is 1. The van der Waals surface area contributed by atoms with E-state index in [1.54, 1.807) is 6.07 Å². The molecule has 0 atom stereocenters. The van der Waals surface area contributed by atoms with Crippen LogP contribution in [-0.2, 0) is 0 Å². The normalized spacial score (nSPS) is 10.2. The molecule has 2 aromatic carbocycles. The van der Waals surface area contributed by atoms with E-state index in [0.717, 1.165) is 22.6 Å². The van der Waals surface area contributed by atoms with Crippen LogP contribution < -0.4 is 16.0 Å². The summed E-state index contributed by atoms with van der Waals surface area (Å²) in [4.78, 5) is 2.36.